The first-order valence-electron chi connectivity index (χ1n) is 7.71. The van der Waals surface area contributed by atoms with Gasteiger partial charge in [-0.25, -0.2) is 8.42 Å². The van der Waals surface area contributed by atoms with Gasteiger partial charge in [-0.05, 0) is 29.8 Å². The zero-order valence-corrected chi connectivity index (χ0v) is 15.0. The van der Waals surface area contributed by atoms with Crippen LogP contribution in [-0.4, -0.2) is 35.6 Å². The van der Waals surface area contributed by atoms with Crippen molar-refractivity contribution in [1.29, 1.82) is 0 Å². The highest BCUT2D eigenvalue weighted by atomic mass is 32.2. The van der Waals surface area contributed by atoms with Crippen LogP contribution in [0, 0.1) is 0 Å². The van der Waals surface area contributed by atoms with E-state index in [1.807, 2.05) is 0 Å². The van der Waals surface area contributed by atoms with Crippen LogP contribution in [0.5, 0.6) is 11.5 Å². The van der Waals surface area contributed by atoms with Gasteiger partial charge in [-0.1, -0.05) is 18.2 Å². The molecule has 0 fully saturated rings. The fourth-order valence-electron chi connectivity index (χ4n) is 3.02. The van der Waals surface area contributed by atoms with Gasteiger partial charge in [0.25, 0.3) is 0 Å². The maximum Gasteiger partial charge on any atom is 0.228 e. The second kappa shape index (κ2) is 6.40. The quantitative estimate of drug-likeness (QED) is 0.840. The van der Waals surface area contributed by atoms with Gasteiger partial charge in [-0.3, -0.25) is 4.79 Å². The Balaban J connectivity index is 2.19. The Kier molecular flexibility index (Phi) is 4.43. The second-order valence-corrected chi connectivity index (χ2v) is 7.87. The lowest BCUT2D eigenvalue weighted by molar-refractivity contribution is -0.118. The molecule has 6 nitrogen and oxygen atoms in total. The number of sulfone groups is 1. The lowest BCUT2D eigenvalue weighted by Crippen LogP contribution is -2.26. The van der Waals surface area contributed by atoms with Crippen molar-refractivity contribution in [2.45, 2.75) is 16.6 Å². The van der Waals surface area contributed by atoms with E-state index < -0.39 is 15.1 Å². The molecule has 0 saturated carbocycles. The summed E-state index contributed by atoms with van der Waals surface area (Å²) in [7, 11) is 0.841. The van der Waals surface area contributed by atoms with Crippen molar-refractivity contribution in [2.75, 3.05) is 26.2 Å². The van der Waals surface area contributed by atoms with Crippen molar-refractivity contribution in [3.8, 4) is 11.5 Å². The van der Waals surface area contributed by atoms with E-state index in [1.54, 1.807) is 43.4 Å². The molecule has 0 spiro atoms. The van der Waals surface area contributed by atoms with Crippen molar-refractivity contribution >= 4 is 21.4 Å². The third-order valence-corrected chi connectivity index (χ3v) is 6.57. The first kappa shape index (κ1) is 17.3. The van der Waals surface area contributed by atoms with E-state index in [1.165, 1.54) is 25.2 Å². The van der Waals surface area contributed by atoms with E-state index in [-0.39, 0.29) is 17.2 Å². The first-order chi connectivity index (χ1) is 11.9. The number of hydrogen-bond acceptors (Lipinski definition) is 5. The Morgan fingerprint density at radius 2 is 1.72 bits per heavy atom. The Morgan fingerprint density at radius 1 is 1.04 bits per heavy atom. The summed E-state index contributed by atoms with van der Waals surface area (Å²) in [5, 5.41) is -0.981. The molecule has 1 amide bonds. The number of rotatable bonds is 3. The molecule has 132 valence electrons. The third-order valence-electron chi connectivity index (χ3n) is 4.42. The normalized spacial score (nSPS) is 19.1. The zero-order valence-electron chi connectivity index (χ0n) is 14.2. The van der Waals surface area contributed by atoms with Crippen molar-refractivity contribution in [3.05, 3.63) is 48.0 Å². The van der Waals surface area contributed by atoms with E-state index in [2.05, 4.69) is 0 Å². The molecule has 0 N–H and O–H groups in total. The molecule has 1 aliphatic heterocycles. The topological polar surface area (TPSA) is 72.9 Å². The highest BCUT2D eigenvalue weighted by molar-refractivity contribution is 7.92. The number of nitrogens with zero attached hydrogens (tertiary/aromatic N) is 1. The maximum atomic E-state index is 13.2. The number of fused-ring (bicyclic) bond motifs is 1. The summed E-state index contributed by atoms with van der Waals surface area (Å²) >= 11 is 0. The molecule has 0 aliphatic carbocycles. The van der Waals surface area contributed by atoms with Gasteiger partial charge >= 0.3 is 0 Å². The molecular formula is C18H19NO5S. The minimum atomic E-state index is -3.74. The zero-order chi connectivity index (χ0) is 18.2. The molecule has 25 heavy (non-hydrogen) atoms. The van der Waals surface area contributed by atoms with Crippen LogP contribution in [-0.2, 0) is 14.6 Å². The number of methoxy groups -OCH3 is 2. The number of hydrogen-bond donors (Lipinski definition) is 0. The number of carbonyl (C=O) groups excluding carboxylic acids is 1. The maximum absolute atomic E-state index is 13.2. The van der Waals surface area contributed by atoms with Crippen molar-refractivity contribution < 1.29 is 22.7 Å². The van der Waals surface area contributed by atoms with Gasteiger partial charge in [0.2, 0.25) is 5.91 Å². The number of ether oxygens (including phenoxy) is 2. The monoisotopic (exact) mass is 361 g/mol. The Hall–Kier alpha value is -2.54. The molecule has 1 aliphatic rings. The average Bonchev–Trinajstić information content (AvgIpc) is 2.70. The standard InChI is InChI=1S/C18H19NO5S/c1-19-13-6-4-5-7-16(13)25(21,22)17(11-18(19)20)12-8-9-14(23-2)15(10-12)24-3/h4-10,17H,11H2,1-3H3/t17-/m1/s1. The minimum Gasteiger partial charge on any atom is -0.493 e. The smallest absolute Gasteiger partial charge is 0.228 e. The largest absolute Gasteiger partial charge is 0.493 e. The van der Waals surface area contributed by atoms with Crippen LogP contribution in [0.3, 0.4) is 0 Å². The Morgan fingerprint density at radius 3 is 2.40 bits per heavy atom. The lowest BCUT2D eigenvalue weighted by Gasteiger charge is -2.17. The first-order valence-corrected chi connectivity index (χ1v) is 9.26. The van der Waals surface area contributed by atoms with Crippen LogP contribution >= 0.6 is 0 Å². The fourth-order valence-corrected chi connectivity index (χ4v) is 4.96. The summed E-state index contributed by atoms with van der Waals surface area (Å²) in [6.45, 7) is 0. The molecule has 0 aromatic heterocycles. The van der Waals surface area contributed by atoms with E-state index in [0.29, 0.717) is 22.7 Å². The fraction of sp³-hybridized carbons (Fsp3) is 0.278. The SMILES string of the molecule is COc1ccc([C@H]2CC(=O)N(C)c3ccccc3S2(=O)=O)cc1OC. The van der Waals surface area contributed by atoms with E-state index in [9.17, 15) is 13.2 Å². The summed E-state index contributed by atoms with van der Waals surface area (Å²) in [5.41, 5.74) is 0.895. The highest BCUT2D eigenvalue weighted by Gasteiger charge is 2.38. The lowest BCUT2D eigenvalue weighted by atomic mass is 10.1. The summed E-state index contributed by atoms with van der Waals surface area (Å²) in [4.78, 5) is 14.1. The molecule has 1 heterocycles. The average molecular weight is 361 g/mol. The van der Waals surface area contributed by atoms with Gasteiger partial charge in [-0.15, -0.1) is 0 Å². The number of amides is 1. The Bertz CT molecular complexity index is 923. The Labute approximate surface area is 146 Å². The van der Waals surface area contributed by atoms with Crippen LogP contribution in [0.2, 0.25) is 0 Å². The highest BCUT2D eigenvalue weighted by Crippen LogP contribution is 2.42. The summed E-state index contributed by atoms with van der Waals surface area (Å²) in [5.74, 6) is 0.669. The second-order valence-electron chi connectivity index (χ2n) is 5.77. The van der Waals surface area contributed by atoms with Crippen LogP contribution in [0.4, 0.5) is 5.69 Å². The van der Waals surface area contributed by atoms with Gasteiger partial charge in [0, 0.05) is 13.5 Å². The third kappa shape index (κ3) is 2.84. The van der Waals surface area contributed by atoms with Gasteiger partial charge in [0.1, 0.15) is 0 Å². The predicted molar refractivity (Wildman–Crippen MR) is 93.9 cm³/mol. The van der Waals surface area contributed by atoms with Crippen molar-refractivity contribution in [3.63, 3.8) is 0 Å². The molecule has 0 bridgehead atoms. The molecule has 0 unspecified atom stereocenters. The molecule has 1 atom stereocenters. The molecule has 3 rings (SSSR count). The molecule has 0 saturated heterocycles. The number of para-hydroxylation sites is 1. The minimum absolute atomic E-state index is 0.136. The number of anilines is 1. The van der Waals surface area contributed by atoms with Gasteiger partial charge in [0.05, 0.1) is 30.1 Å². The van der Waals surface area contributed by atoms with Crippen LogP contribution in [0.25, 0.3) is 0 Å². The number of carbonyl (C=O) groups is 1. The van der Waals surface area contributed by atoms with E-state index in [4.69, 9.17) is 9.47 Å². The number of benzene rings is 2. The van der Waals surface area contributed by atoms with E-state index in [0.717, 1.165) is 0 Å². The van der Waals surface area contributed by atoms with Crippen LogP contribution in [0.15, 0.2) is 47.4 Å². The predicted octanol–water partition coefficient (Wildman–Crippen LogP) is 2.59. The summed E-state index contributed by atoms with van der Waals surface area (Å²) < 4.78 is 36.9. The van der Waals surface area contributed by atoms with Gasteiger partial charge in [0.15, 0.2) is 21.3 Å². The molecular weight excluding hydrogens is 342 g/mol. The van der Waals surface area contributed by atoms with Crippen LogP contribution in [0.1, 0.15) is 17.2 Å². The van der Waals surface area contributed by atoms with Crippen molar-refractivity contribution in [2.24, 2.45) is 0 Å². The molecule has 2 aromatic carbocycles. The molecule has 7 heteroatoms. The molecule has 0 radical (unpaired) electrons. The van der Waals surface area contributed by atoms with Gasteiger partial charge < -0.3 is 14.4 Å². The van der Waals surface area contributed by atoms with E-state index >= 15 is 0 Å². The summed E-state index contributed by atoms with van der Waals surface area (Å²) in [6, 6.07) is 11.5. The molecule has 2 aromatic rings. The summed E-state index contributed by atoms with van der Waals surface area (Å²) in [6.07, 6.45) is -0.136. The van der Waals surface area contributed by atoms with Crippen molar-refractivity contribution in [1.82, 2.24) is 0 Å². The van der Waals surface area contributed by atoms with Crippen LogP contribution < -0.4 is 14.4 Å². The van der Waals surface area contributed by atoms with Gasteiger partial charge in [-0.2, -0.15) is 0 Å².